The fourth-order valence-corrected chi connectivity index (χ4v) is 2.04. The van der Waals surface area contributed by atoms with Crippen molar-refractivity contribution < 1.29 is 14.3 Å². The SMILES string of the molecule is Nc1ccc(C(=O)NCc2cccc3c2OCO3)cc1. The van der Waals surface area contributed by atoms with E-state index in [1.165, 1.54) is 0 Å². The summed E-state index contributed by atoms with van der Waals surface area (Å²) >= 11 is 0. The van der Waals surface area contributed by atoms with Crippen molar-refractivity contribution in [3.8, 4) is 11.5 Å². The number of nitrogen functional groups attached to an aromatic ring is 1. The van der Waals surface area contributed by atoms with Gasteiger partial charge in [-0.1, -0.05) is 12.1 Å². The van der Waals surface area contributed by atoms with Crippen LogP contribution in [0.15, 0.2) is 42.5 Å². The molecule has 3 rings (SSSR count). The molecule has 0 spiro atoms. The van der Waals surface area contributed by atoms with Gasteiger partial charge in [0, 0.05) is 23.4 Å². The van der Waals surface area contributed by atoms with E-state index in [1.807, 2.05) is 18.2 Å². The molecule has 0 bridgehead atoms. The summed E-state index contributed by atoms with van der Waals surface area (Å²) in [6.07, 6.45) is 0. The first-order chi connectivity index (χ1) is 9.74. The highest BCUT2D eigenvalue weighted by atomic mass is 16.7. The molecule has 3 N–H and O–H groups in total. The molecule has 5 nitrogen and oxygen atoms in total. The van der Waals surface area contributed by atoms with Gasteiger partial charge in [0.2, 0.25) is 6.79 Å². The molecule has 2 aromatic carbocycles. The topological polar surface area (TPSA) is 73.6 Å². The zero-order valence-corrected chi connectivity index (χ0v) is 10.8. The predicted octanol–water partition coefficient (Wildman–Crippen LogP) is 1.93. The largest absolute Gasteiger partial charge is 0.454 e. The summed E-state index contributed by atoms with van der Waals surface area (Å²) in [7, 11) is 0. The monoisotopic (exact) mass is 270 g/mol. The molecule has 1 amide bonds. The summed E-state index contributed by atoms with van der Waals surface area (Å²) in [5, 5.41) is 2.85. The van der Waals surface area contributed by atoms with Crippen LogP contribution in [0.3, 0.4) is 0 Å². The van der Waals surface area contributed by atoms with E-state index < -0.39 is 0 Å². The lowest BCUT2D eigenvalue weighted by molar-refractivity contribution is 0.0950. The summed E-state index contributed by atoms with van der Waals surface area (Å²) in [5.41, 5.74) is 7.69. The summed E-state index contributed by atoms with van der Waals surface area (Å²) < 4.78 is 10.7. The highest BCUT2D eigenvalue weighted by molar-refractivity contribution is 5.94. The molecule has 1 aliphatic heterocycles. The number of ether oxygens (including phenoxy) is 2. The number of hydrogen-bond acceptors (Lipinski definition) is 4. The van der Waals surface area contributed by atoms with Crippen LogP contribution in [0.2, 0.25) is 0 Å². The van der Waals surface area contributed by atoms with E-state index in [1.54, 1.807) is 24.3 Å². The van der Waals surface area contributed by atoms with E-state index in [9.17, 15) is 4.79 Å². The van der Waals surface area contributed by atoms with Gasteiger partial charge in [0.15, 0.2) is 11.5 Å². The highest BCUT2D eigenvalue weighted by Crippen LogP contribution is 2.35. The van der Waals surface area contributed by atoms with Gasteiger partial charge in [-0.25, -0.2) is 0 Å². The van der Waals surface area contributed by atoms with E-state index >= 15 is 0 Å². The van der Waals surface area contributed by atoms with Crippen molar-refractivity contribution in [3.63, 3.8) is 0 Å². The molecule has 0 saturated heterocycles. The van der Waals surface area contributed by atoms with E-state index in [2.05, 4.69) is 5.32 Å². The van der Waals surface area contributed by atoms with Gasteiger partial charge in [-0.3, -0.25) is 4.79 Å². The second kappa shape index (κ2) is 5.13. The first-order valence-electron chi connectivity index (χ1n) is 6.25. The summed E-state index contributed by atoms with van der Waals surface area (Å²) in [6.45, 7) is 0.605. The third-order valence-corrected chi connectivity index (χ3v) is 3.09. The first-order valence-corrected chi connectivity index (χ1v) is 6.25. The average molecular weight is 270 g/mol. The number of amides is 1. The normalized spacial score (nSPS) is 12.2. The zero-order valence-electron chi connectivity index (χ0n) is 10.8. The molecule has 20 heavy (non-hydrogen) atoms. The zero-order chi connectivity index (χ0) is 13.9. The number of carbonyl (C=O) groups excluding carboxylic acids is 1. The Morgan fingerprint density at radius 3 is 2.75 bits per heavy atom. The molecule has 2 aromatic rings. The molecular weight excluding hydrogens is 256 g/mol. The van der Waals surface area contributed by atoms with Crippen LogP contribution >= 0.6 is 0 Å². The molecule has 0 fully saturated rings. The minimum atomic E-state index is -0.151. The van der Waals surface area contributed by atoms with Gasteiger partial charge in [-0.2, -0.15) is 0 Å². The van der Waals surface area contributed by atoms with Crippen LogP contribution < -0.4 is 20.5 Å². The third kappa shape index (κ3) is 2.38. The number of hydrogen-bond donors (Lipinski definition) is 2. The van der Waals surface area contributed by atoms with E-state index in [4.69, 9.17) is 15.2 Å². The lowest BCUT2D eigenvalue weighted by Crippen LogP contribution is -2.22. The van der Waals surface area contributed by atoms with Crippen LogP contribution in [0, 0.1) is 0 Å². The minimum Gasteiger partial charge on any atom is -0.454 e. The molecule has 102 valence electrons. The van der Waals surface area contributed by atoms with Gasteiger partial charge < -0.3 is 20.5 Å². The third-order valence-electron chi connectivity index (χ3n) is 3.09. The summed E-state index contributed by atoms with van der Waals surface area (Å²) in [5.74, 6) is 1.26. The van der Waals surface area contributed by atoms with Crippen LogP contribution in [-0.4, -0.2) is 12.7 Å². The lowest BCUT2D eigenvalue weighted by Gasteiger charge is -2.08. The number of rotatable bonds is 3. The van der Waals surface area contributed by atoms with Gasteiger partial charge in [0.1, 0.15) is 0 Å². The molecule has 0 unspecified atom stereocenters. The smallest absolute Gasteiger partial charge is 0.251 e. The Balaban J connectivity index is 1.69. The maximum atomic E-state index is 12.0. The average Bonchev–Trinajstić information content (AvgIpc) is 2.94. The standard InChI is InChI=1S/C15H14N2O3/c16-12-6-4-10(5-7-12)15(18)17-8-11-2-1-3-13-14(11)20-9-19-13/h1-7H,8-9,16H2,(H,17,18). The molecule has 0 aromatic heterocycles. The lowest BCUT2D eigenvalue weighted by atomic mass is 10.1. The number of carbonyl (C=O) groups is 1. The molecular formula is C15H14N2O3. The number of nitrogens with one attached hydrogen (secondary N) is 1. The van der Waals surface area contributed by atoms with Crippen LogP contribution in [0.25, 0.3) is 0 Å². The van der Waals surface area contributed by atoms with Crippen molar-refractivity contribution in [1.29, 1.82) is 0 Å². The van der Waals surface area contributed by atoms with Crippen molar-refractivity contribution in [2.75, 3.05) is 12.5 Å². The molecule has 5 heteroatoms. The predicted molar refractivity (Wildman–Crippen MR) is 74.6 cm³/mol. The van der Waals surface area contributed by atoms with Crippen LogP contribution in [0.5, 0.6) is 11.5 Å². The Hall–Kier alpha value is -2.69. The van der Waals surface area contributed by atoms with Crippen LogP contribution in [0.4, 0.5) is 5.69 Å². The molecule has 1 aliphatic rings. The van der Waals surface area contributed by atoms with E-state index in [0.717, 1.165) is 5.56 Å². The van der Waals surface area contributed by atoms with Crippen molar-refractivity contribution in [1.82, 2.24) is 5.32 Å². The second-order valence-corrected chi connectivity index (χ2v) is 4.46. The maximum Gasteiger partial charge on any atom is 0.251 e. The quantitative estimate of drug-likeness (QED) is 0.836. The van der Waals surface area contributed by atoms with Crippen molar-refractivity contribution >= 4 is 11.6 Å². The van der Waals surface area contributed by atoms with Crippen LogP contribution in [0.1, 0.15) is 15.9 Å². The van der Waals surface area contributed by atoms with Crippen molar-refractivity contribution in [3.05, 3.63) is 53.6 Å². The molecule has 1 heterocycles. The van der Waals surface area contributed by atoms with E-state index in [-0.39, 0.29) is 12.7 Å². The number of anilines is 1. The summed E-state index contributed by atoms with van der Waals surface area (Å²) in [4.78, 5) is 12.0. The number of benzene rings is 2. The highest BCUT2D eigenvalue weighted by Gasteiger charge is 2.17. The van der Waals surface area contributed by atoms with Crippen molar-refractivity contribution in [2.24, 2.45) is 0 Å². The summed E-state index contributed by atoms with van der Waals surface area (Å²) in [6, 6.07) is 12.4. The molecule has 0 atom stereocenters. The fraction of sp³-hybridized carbons (Fsp3) is 0.133. The Kier molecular flexibility index (Phi) is 3.16. The number of para-hydroxylation sites is 1. The molecule has 0 saturated carbocycles. The maximum absolute atomic E-state index is 12.0. The van der Waals surface area contributed by atoms with Crippen molar-refractivity contribution in [2.45, 2.75) is 6.54 Å². The van der Waals surface area contributed by atoms with Gasteiger partial charge in [-0.05, 0) is 30.3 Å². The van der Waals surface area contributed by atoms with Crippen LogP contribution in [-0.2, 0) is 6.54 Å². The van der Waals surface area contributed by atoms with Gasteiger partial charge >= 0.3 is 0 Å². The van der Waals surface area contributed by atoms with Gasteiger partial charge in [-0.15, -0.1) is 0 Å². The molecule has 0 aliphatic carbocycles. The number of nitrogens with two attached hydrogens (primary N) is 1. The fourth-order valence-electron chi connectivity index (χ4n) is 2.04. The minimum absolute atomic E-state index is 0.151. The Morgan fingerprint density at radius 2 is 1.95 bits per heavy atom. The Morgan fingerprint density at radius 1 is 1.15 bits per heavy atom. The number of fused-ring (bicyclic) bond motifs is 1. The van der Waals surface area contributed by atoms with E-state index in [0.29, 0.717) is 29.3 Å². The Bertz CT molecular complexity index is 638. The first kappa shape index (κ1) is 12.3. The van der Waals surface area contributed by atoms with Gasteiger partial charge in [0.05, 0.1) is 0 Å². The second-order valence-electron chi connectivity index (χ2n) is 4.46. The van der Waals surface area contributed by atoms with Gasteiger partial charge in [0.25, 0.3) is 5.91 Å². The molecule has 0 radical (unpaired) electrons. The Labute approximate surface area is 116 Å².